The van der Waals surface area contributed by atoms with E-state index in [0.29, 0.717) is 26.8 Å². The number of ether oxygens (including phenoxy) is 5. The number of H-pyrrole nitrogens is 2. The molecule has 0 unspecified atom stereocenters. The maximum absolute atomic E-state index is 12.8. The van der Waals surface area contributed by atoms with E-state index in [1.54, 1.807) is 77.5 Å². The first-order valence-corrected chi connectivity index (χ1v) is 23.8. The lowest BCUT2D eigenvalue weighted by Crippen LogP contribution is -2.06. The Morgan fingerprint density at radius 3 is 1.44 bits per heavy atom. The molecule has 0 radical (unpaired) electrons. The summed E-state index contributed by atoms with van der Waals surface area (Å²) >= 11 is 22.0. The van der Waals surface area contributed by atoms with Gasteiger partial charge < -0.3 is 33.7 Å². The van der Waals surface area contributed by atoms with Gasteiger partial charge >= 0.3 is 6.18 Å². The Labute approximate surface area is 445 Å². The maximum atomic E-state index is 12.8. The quantitative estimate of drug-likeness (QED) is 0.126. The smallest absolute Gasteiger partial charge is 0.418 e. The first-order valence-electron chi connectivity index (χ1n) is 20.6. The van der Waals surface area contributed by atoms with Gasteiger partial charge in [-0.15, -0.1) is 0 Å². The Balaban J connectivity index is 0.000000146. The summed E-state index contributed by atoms with van der Waals surface area (Å²) < 4.78 is 65.7. The molecule has 0 saturated heterocycles. The number of alkyl halides is 3. The molecule has 0 atom stereocenters. The summed E-state index contributed by atoms with van der Waals surface area (Å²) in [5.41, 5.74) is -0.959. The topological polar surface area (TPSA) is 151 Å². The van der Waals surface area contributed by atoms with Crippen LogP contribution in [0.15, 0.2) is 144 Å². The molecule has 0 spiro atoms. The van der Waals surface area contributed by atoms with Crippen molar-refractivity contribution in [2.24, 2.45) is 0 Å². The third-order valence-corrected chi connectivity index (χ3v) is 13.0. The van der Waals surface area contributed by atoms with Crippen LogP contribution in [0.2, 0.25) is 15.5 Å². The summed E-state index contributed by atoms with van der Waals surface area (Å²) in [5.74, 6) is 3.52. The highest BCUT2D eigenvalue weighted by molar-refractivity contribution is 14.1. The molecule has 2 N–H and O–H groups in total. The first-order chi connectivity index (χ1) is 34.0. The first kappa shape index (κ1) is 54.2. The minimum absolute atomic E-state index is 0.0168. The average molecular weight is 1250 g/mol. The fourth-order valence-corrected chi connectivity index (χ4v) is 8.54. The van der Waals surface area contributed by atoms with Crippen LogP contribution in [0.3, 0.4) is 0 Å². The predicted molar refractivity (Wildman–Crippen MR) is 293 cm³/mol. The van der Waals surface area contributed by atoms with Gasteiger partial charge in [-0.1, -0.05) is 34.8 Å². The Morgan fingerprint density at radius 1 is 0.465 bits per heavy atom. The number of methoxy groups -OCH3 is 5. The van der Waals surface area contributed by atoms with Crippen molar-refractivity contribution in [2.75, 3.05) is 35.5 Å². The third-order valence-electron chi connectivity index (χ3n) is 10.3. The Hall–Kier alpha value is -6.13. The Bertz CT molecular complexity index is 3620. The molecule has 0 saturated carbocycles. The van der Waals surface area contributed by atoms with Crippen molar-refractivity contribution in [3.05, 3.63) is 183 Å². The van der Waals surface area contributed by atoms with Gasteiger partial charge in [0, 0.05) is 81.2 Å². The molecule has 71 heavy (non-hydrogen) atoms. The molecular weight excluding hydrogens is 1210 g/mol. The lowest BCUT2D eigenvalue weighted by atomic mass is 10.1. The van der Waals surface area contributed by atoms with Crippen LogP contribution in [0, 0.1) is 7.14 Å². The van der Waals surface area contributed by atoms with Crippen LogP contribution in [-0.4, -0.2) is 60.5 Å². The number of nitrogens with one attached hydrogen (secondary N) is 2. The van der Waals surface area contributed by atoms with Crippen molar-refractivity contribution in [1.29, 1.82) is 0 Å². The monoisotopic (exact) mass is 1250 g/mol. The number of nitrogens with zero attached hydrogens (tertiary/aromatic N) is 3. The molecule has 5 aromatic heterocycles. The van der Waals surface area contributed by atoms with Crippen molar-refractivity contribution < 1.29 is 36.9 Å². The van der Waals surface area contributed by atoms with Crippen molar-refractivity contribution in [1.82, 2.24) is 24.9 Å². The number of hydrogen-bond donors (Lipinski definition) is 2. The Kier molecular flexibility index (Phi) is 18.9. The van der Waals surface area contributed by atoms with E-state index in [1.165, 1.54) is 25.3 Å². The van der Waals surface area contributed by atoms with Gasteiger partial charge in [-0.2, -0.15) is 13.2 Å². The van der Waals surface area contributed by atoms with E-state index in [0.717, 1.165) is 68.7 Å². The molecule has 12 nitrogen and oxygen atoms in total. The fourth-order valence-electron chi connectivity index (χ4n) is 6.69. The number of aromatic nitrogens is 5. The van der Waals surface area contributed by atoms with Crippen molar-refractivity contribution in [2.45, 2.75) is 6.18 Å². The highest BCUT2D eigenvalue weighted by Gasteiger charge is 2.33. The molecule has 5 aromatic carbocycles. The van der Waals surface area contributed by atoms with Gasteiger partial charge in [0.25, 0.3) is 11.1 Å². The van der Waals surface area contributed by atoms with Gasteiger partial charge in [-0.3, -0.25) is 9.59 Å². The van der Waals surface area contributed by atoms with E-state index < -0.39 is 11.7 Å². The molecule has 5 heterocycles. The molecule has 0 bridgehead atoms. The van der Waals surface area contributed by atoms with Gasteiger partial charge in [0.1, 0.15) is 44.2 Å². The predicted octanol–water partition coefficient (Wildman–Crippen LogP) is 14.0. The van der Waals surface area contributed by atoms with E-state index in [-0.39, 0.29) is 27.0 Å². The maximum Gasteiger partial charge on any atom is 0.418 e. The van der Waals surface area contributed by atoms with E-state index in [9.17, 15) is 22.8 Å². The Morgan fingerprint density at radius 2 is 0.887 bits per heavy atom. The summed E-state index contributed by atoms with van der Waals surface area (Å²) in [7, 11) is 7.90. The number of rotatable bonds is 5. The van der Waals surface area contributed by atoms with Crippen LogP contribution >= 0.6 is 80.0 Å². The van der Waals surface area contributed by atoms with E-state index in [1.807, 2.05) is 60.7 Å². The zero-order valence-corrected chi connectivity index (χ0v) is 44.5. The second-order valence-electron chi connectivity index (χ2n) is 14.5. The van der Waals surface area contributed by atoms with Crippen LogP contribution in [0.25, 0.3) is 53.9 Å². The molecule has 0 aliphatic heterocycles. The number of benzene rings is 5. The molecule has 0 aliphatic carbocycles. The second kappa shape index (κ2) is 24.8. The summed E-state index contributed by atoms with van der Waals surface area (Å²) in [6.45, 7) is 0. The van der Waals surface area contributed by atoms with E-state index in [2.05, 4.69) is 70.1 Å². The molecule has 0 amide bonds. The van der Waals surface area contributed by atoms with Crippen LogP contribution < -0.4 is 34.8 Å². The minimum Gasteiger partial charge on any atom is -0.497 e. The van der Waals surface area contributed by atoms with Gasteiger partial charge in [-0.05, 0) is 159 Å². The SMILES string of the molecule is COc1ccc2c(=O)[nH]cc(I)c2c1.COc1ccc2c(=O)[nH]ccc2c1.COc1ccc2c(Cl)ncc(C(F)(F)F)c2c1.COc1ccc2c(Cl)ncc(I)c2c1.COc1ccc2c(Cl)nccc2c1. The fraction of sp³-hybridized carbons (Fsp3) is 0.118. The van der Waals surface area contributed by atoms with Crippen LogP contribution in [-0.2, 0) is 6.18 Å². The molecule has 10 aromatic rings. The number of aromatic amines is 2. The molecule has 0 fully saturated rings. The number of hydrogen-bond acceptors (Lipinski definition) is 10. The summed E-state index contributed by atoms with van der Waals surface area (Å²) in [4.78, 5) is 39.6. The zero-order chi connectivity index (χ0) is 51.4. The zero-order valence-electron chi connectivity index (χ0n) is 37.9. The van der Waals surface area contributed by atoms with Crippen molar-refractivity contribution in [3.63, 3.8) is 0 Å². The number of halogens is 8. The highest BCUT2D eigenvalue weighted by atomic mass is 127. The third kappa shape index (κ3) is 13.6. The number of fused-ring (bicyclic) bond motifs is 5. The largest absolute Gasteiger partial charge is 0.497 e. The molecule has 20 heteroatoms. The molecular formula is C51H39Cl3F3I2N5O7. The normalized spacial score (nSPS) is 10.7. The molecule has 0 aliphatic rings. The minimum atomic E-state index is -4.47. The lowest BCUT2D eigenvalue weighted by molar-refractivity contribution is -0.136. The second-order valence-corrected chi connectivity index (χ2v) is 17.9. The van der Waals surface area contributed by atoms with Gasteiger partial charge in [0.05, 0.1) is 41.1 Å². The summed E-state index contributed by atoms with van der Waals surface area (Å²) in [6.07, 6.45) is 3.02. The summed E-state index contributed by atoms with van der Waals surface area (Å²) in [5, 5.41) is 8.55. The standard InChI is InChI=1S/C11H7ClF3NO.C10H7ClINO.C10H8ClNO.C10H8INO2.C10H9NO2/c1-17-6-2-3-7-8(4-6)9(11(13,14)15)5-16-10(7)12;1-14-6-2-3-7-8(4-6)9(12)5-13-10(7)11;1-13-8-2-3-9-7(6-8)4-5-12-10(9)11;1-14-6-2-3-7-8(4-6)9(11)5-12-10(7)13;1-13-8-2-3-9-7(6-8)4-5-11-10(9)12/h2-5H,1H3;2-5H,1H3;2-6H,1H3;2-5H,1H3,(H,12,13);2-6H,1H3,(H,11,12). The lowest BCUT2D eigenvalue weighted by Gasteiger charge is -2.11. The van der Waals surface area contributed by atoms with E-state index in [4.69, 9.17) is 58.5 Å². The summed E-state index contributed by atoms with van der Waals surface area (Å²) in [6, 6.07) is 30.3. The average Bonchev–Trinajstić information content (AvgIpc) is 3.38. The van der Waals surface area contributed by atoms with Gasteiger partial charge in [0.15, 0.2) is 0 Å². The van der Waals surface area contributed by atoms with Gasteiger partial charge in [0.2, 0.25) is 0 Å². The van der Waals surface area contributed by atoms with E-state index >= 15 is 0 Å². The molecule has 366 valence electrons. The molecule has 10 rings (SSSR count). The van der Waals surface area contributed by atoms with Crippen molar-refractivity contribution in [3.8, 4) is 28.7 Å². The van der Waals surface area contributed by atoms with Crippen LogP contribution in [0.5, 0.6) is 28.7 Å². The van der Waals surface area contributed by atoms with Gasteiger partial charge in [-0.25, -0.2) is 15.0 Å². The van der Waals surface area contributed by atoms with Crippen molar-refractivity contribution >= 4 is 134 Å². The highest BCUT2D eigenvalue weighted by Crippen LogP contribution is 2.38. The van der Waals surface area contributed by atoms with Crippen LogP contribution in [0.1, 0.15) is 5.56 Å². The number of pyridine rings is 5. The van der Waals surface area contributed by atoms with Crippen LogP contribution in [0.4, 0.5) is 13.2 Å².